The molecule has 0 unspecified atom stereocenters. The maximum Gasteiger partial charge on any atom is 0.409 e. The summed E-state index contributed by atoms with van der Waals surface area (Å²) in [4.78, 5) is 18.2. The Morgan fingerprint density at radius 3 is 2.54 bits per heavy atom. The van der Waals surface area contributed by atoms with Gasteiger partial charge in [-0.1, -0.05) is 18.2 Å². The molecule has 1 atom stereocenters. The second kappa shape index (κ2) is 7.85. The minimum Gasteiger partial charge on any atom is -0.496 e. The topological polar surface area (TPSA) is 45.2 Å². The van der Waals surface area contributed by atoms with Crippen LogP contribution in [0.5, 0.6) is 5.75 Å². The molecule has 2 aliphatic rings. The molecule has 0 aromatic heterocycles. The Labute approximate surface area is 143 Å². The van der Waals surface area contributed by atoms with Crippen LogP contribution in [0.1, 0.15) is 18.5 Å². The first kappa shape index (κ1) is 17.0. The predicted molar refractivity (Wildman–Crippen MR) is 92.3 cm³/mol. The SMILES string of the molecule is COc1ccccc1[C@H](C)N1CCN(CCN2CCOC2=O)CC1. The number of hydrogen-bond acceptors (Lipinski definition) is 5. The van der Waals surface area contributed by atoms with Crippen molar-refractivity contribution in [2.45, 2.75) is 13.0 Å². The van der Waals surface area contributed by atoms with Crippen LogP contribution in [0.25, 0.3) is 0 Å². The van der Waals surface area contributed by atoms with E-state index in [0.717, 1.165) is 51.6 Å². The van der Waals surface area contributed by atoms with E-state index < -0.39 is 0 Å². The van der Waals surface area contributed by atoms with Gasteiger partial charge in [0.15, 0.2) is 0 Å². The fourth-order valence-corrected chi connectivity index (χ4v) is 3.47. The molecule has 0 aliphatic carbocycles. The fraction of sp³-hybridized carbons (Fsp3) is 0.611. The highest BCUT2D eigenvalue weighted by molar-refractivity contribution is 5.69. The molecule has 0 saturated carbocycles. The number of methoxy groups -OCH3 is 1. The van der Waals surface area contributed by atoms with Gasteiger partial charge in [0, 0.05) is 50.9 Å². The van der Waals surface area contributed by atoms with Crippen LogP contribution in [0, 0.1) is 0 Å². The summed E-state index contributed by atoms with van der Waals surface area (Å²) in [5.41, 5.74) is 1.24. The van der Waals surface area contributed by atoms with Crippen molar-refractivity contribution in [3.63, 3.8) is 0 Å². The van der Waals surface area contributed by atoms with Gasteiger partial charge in [-0.2, -0.15) is 0 Å². The van der Waals surface area contributed by atoms with E-state index in [1.807, 2.05) is 12.1 Å². The Hall–Kier alpha value is -1.79. The van der Waals surface area contributed by atoms with Crippen molar-refractivity contribution in [1.29, 1.82) is 0 Å². The van der Waals surface area contributed by atoms with Gasteiger partial charge in [0.05, 0.1) is 13.7 Å². The van der Waals surface area contributed by atoms with E-state index >= 15 is 0 Å². The molecule has 2 fully saturated rings. The third kappa shape index (κ3) is 3.82. The van der Waals surface area contributed by atoms with Crippen LogP contribution in [-0.2, 0) is 4.74 Å². The molecule has 3 rings (SSSR count). The Balaban J connectivity index is 1.48. The molecular formula is C18H27N3O3. The van der Waals surface area contributed by atoms with E-state index in [-0.39, 0.29) is 6.09 Å². The van der Waals surface area contributed by atoms with E-state index in [9.17, 15) is 4.79 Å². The highest BCUT2D eigenvalue weighted by Crippen LogP contribution is 2.29. The normalized spacial score (nSPS) is 20.9. The summed E-state index contributed by atoms with van der Waals surface area (Å²) in [6.45, 7) is 9.31. The van der Waals surface area contributed by atoms with Gasteiger partial charge in [-0.05, 0) is 13.0 Å². The van der Waals surface area contributed by atoms with Gasteiger partial charge in [-0.25, -0.2) is 4.79 Å². The number of piperazine rings is 1. The first-order chi connectivity index (χ1) is 11.7. The van der Waals surface area contributed by atoms with Crippen LogP contribution in [-0.4, -0.2) is 80.3 Å². The van der Waals surface area contributed by atoms with Crippen LogP contribution in [0.2, 0.25) is 0 Å². The molecule has 2 aliphatic heterocycles. The molecule has 0 N–H and O–H groups in total. The van der Waals surface area contributed by atoms with Crippen LogP contribution < -0.4 is 4.74 Å². The summed E-state index contributed by atoms with van der Waals surface area (Å²) in [6.07, 6.45) is -0.168. The summed E-state index contributed by atoms with van der Waals surface area (Å²) < 4.78 is 10.5. The summed E-state index contributed by atoms with van der Waals surface area (Å²) >= 11 is 0. The van der Waals surface area contributed by atoms with Gasteiger partial charge in [0.1, 0.15) is 12.4 Å². The van der Waals surface area contributed by atoms with Gasteiger partial charge < -0.3 is 14.4 Å². The Morgan fingerprint density at radius 2 is 1.88 bits per heavy atom. The van der Waals surface area contributed by atoms with E-state index in [4.69, 9.17) is 9.47 Å². The van der Waals surface area contributed by atoms with Crippen molar-refractivity contribution >= 4 is 6.09 Å². The number of rotatable bonds is 6. The molecule has 1 aromatic rings. The quantitative estimate of drug-likeness (QED) is 0.795. The zero-order chi connectivity index (χ0) is 16.9. The van der Waals surface area contributed by atoms with Crippen LogP contribution in [0.15, 0.2) is 24.3 Å². The number of para-hydroxylation sites is 1. The van der Waals surface area contributed by atoms with Gasteiger partial charge in [-0.15, -0.1) is 0 Å². The number of nitrogens with zero attached hydrogens (tertiary/aromatic N) is 3. The van der Waals surface area contributed by atoms with Gasteiger partial charge in [-0.3, -0.25) is 9.80 Å². The van der Waals surface area contributed by atoms with Gasteiger partial charge in [0.25, 0.3) is 0 Å². The molecule has 6 heteroatoms. The van der Waals surface area contributed by atoms with Crippen molar-refractivity contribution in [2.24, 2.45) is 0 Å². The lowest BCUT2D eigenvalue weighted by Crippen LogP contribution is -2.49. The van der Waals surface area contributed by atoms with Crippen molar-refractivity contribution in [1.82, 2.24) is 14.7 Å². The lowest BCUT2D eigenvalue weighted by molar-refractivity contribution is 0.0949. The van der Waals surface area contributed by atoms with E-state index in [1.165, 1.54) is 5.56 Å². The molecule has 1 amide bonds. The lowest BCUT2D eigenvalue weighted by Gasteiger charge is -2.38. The molecule has 0 radical (unpaired) electrons. The molecule has 2 heterocycles. The first-order valence-corrected chi connectivity index (χ1v) is 8.70. The fourth-order valence-electron chi connectivity index (χ4n) is 3.47. The predicted octanol–water partition coefficient (Wildman–Crippen LogP) is 1.83. The molecule has 2 saturated heterocycles. The van der Waals surface area contributed by atoms with E-state index in [1.54, 1.807) is 12.0 Å². The zero-order valence-corrected chi connectivity index (χ0v) is 14.6. The third-order valence-electron chi connectivity index (χ3n) is 5.07. The molecule has 24 heavy (non-hydrogen) atoms. The Morgan fingerprint density at radius 1 is 1.12 bits per heavy atom. The van der Waals surface area contributed by atoms with Crippen molar-refractivity contribution in [2.75, 3.05) is 59.5 Å². The van der Waals surface area contributed by atoms with Crippen LogP contribution in [0.3, 0.4) is 0 Å². The number of carbonyl (C=O) groups excluding carboxylic acids is 1. The second-order valence-electron chi connectivity index (χ2n) is 6.40. The minimum atomic E-state index is -0.168. The maximum absolute atomic E-state index is 11.5. The summed E-state index contributed by atoms with van der Waals surface area (Å²) in [5, 5.41) is 0. The van der Waals surface area contributed by atoms with Crippen molar-refractivity contribution < 1.29 is 14.3 Å². The van der Waals surface area contributed by atoms with Crippen LogP contribution >= 0.6 is 0 Å². The second-order valence-corrected chi connectivity index (χ2v) is 6.40. The number of ether oxygens (including phenoxy) is 2. The number of hydrogen-bond donors (Lipinski definition) is 0. The monoisotopic (exact) mass is 333 g/mol. The molecule has 0 bridgehead atoms. The largest absolute Gasteiger partial charge is 0.496 e. The van der Waals surface area contributed by atoms with E-state index in [2.05, 4.69) is 28.9 Å². The molecule has 132 valence electrons. The third-order valence-corrected chi connectivity index (χ3v) is 5.07. The summed E-state index contributed by atoms with van der Waals surface area (Å²) in [7, 11) is 1.73. The summed E-state index contributed by atoms with van der Waals surface area (Å²) in [6, 6.07) is 8.60. The highest BCUT2D eigenvalue weighted by atomic mass is 16.6. The molecule has 0 spiro atoms. The average Bonchev–Trinajstić information content (AvgIpc) is 3.04. The van der Waals surface area contributed by atoms with Gasteiger partial charge >= 0.3 is 6.09 Å². The Bertz CT molecular complexity index is 558. The molecule has 1 aromatic carbocycles. The number of cyclic esters (lactones) is 1. The summed E-state index contributed by atoms with van der Waals surface area (Å²) in [5.74, 6) is 0.958. The van der Waals surface area contributed by atoms with Gasteiger partial charge in [0.2, 0.25) is 0 Å². The smallest absolute Gasteiger partial charge is 0.409 e. The van der Waals surface area contributed by atoms with Crippen molar-refractivity contribution in [3.8, 4) is 5.75 Å². The number of amides is 1. The zero-order valence-electron chi connectivity index (χ0n) is 14.6. The van der Waals surface area contributed by atoms with Crippen LogP contribution in [0.4, 0.5) is 4.79 Å². The first-order valence-electron chi connectivity index (χ1n) is 8.70. The average molecular weight is 333 g/mol. The molecular weight excluding hydrogens is 306 g/mol. The number of benzene rings is 1. The van der Waals surface area contributed by atoms with Crippen molar-refractivity contribution in [3.05, 3.63) is 29.8 Å². The number of carbonyl (C=O) groups is 1. The van der Waals surface area contributed by atoms with E-state index in [0.29, 0.717) is 12.6 Å². The highest BCUT2D eigenvalue weighted by Gasteiger charge is 2.26. The maximum atomic E-state index is 11.5. The Kier molecular flexibility index (Phi) is 5.58. The minimum absolute atomic E-state index is 0.168. The molecule has 6 nitrogen and oxygen atoms in total. The lowest BCUT2D eigenvalue weighted by atomic mass is 10.0. The standard InChI is InChI=1S/C18H27N3O3/c1-15(16-5-3-4-6-17(16)23-2)20-10-7-19(8-11-20)9-12-21-13-14-24-18(21)22/h3-6,15H,7-14H2,1-2H3/t15-/m0/s1.